The topological polar surface area (TPSA) is 69.7 Å². The second kappa shape index (κ2) is 11.2. The zero-order valence-electron chi connectivity index (χ0n) is 24.8. The van der Waals surface area contributed by atoms with E-state index in [0.717, 1.165) is 36.0 Å². The predicted molar refractivity (Wildman–Crippen MR) is 151 cm³/mol. The van der Waals surface area contributed by atoms with E-state index in [1.54, 1.807) is 0 Å². The molecule has 0 saturated heterocycles. The van der Waals surface area contributed by atoms with E-state index in [2.05, 4.69) is 58.9 Å². The molecule has 3 rings (SSSR count). The van der Waals surface area contributed by atoms with Gasteiger partial charge >= 0.3 is 11.9 Å². The first-order chi connectivity index (χ1) is 17.7. The highest BCUT2D eigenvalue weighted by Gasteiger charge is 2.68. The average Bonchev–Trinajstić information content (AvgIpc) is 3.11. The number of esters is 2. The minimum absolute atomic E-state index is 0.0419. The van der Waals surface area contributed by atoms with Crippen molar-refractivity contribution in [1.29, 1.82) is 0 Å². The fourth-order valence-corrected chi connectivity index (χ4v) is 8.00. The van der Waals surface area contributed by atoms with E-state index in [1.165, 1.54) is 19.6 Å². The van der Waals surface area contributed by atoms with Gasteiger partial charge in [0.2, 0.25) is 0 Å². The fourth-order valence-electron chi connectivity index (χ4n) is 8.00. The standard InChI is InChI=1S/C33H46O5/c1-21(2)12-10-13-22(3)14-11-15-23(4)29-25(35)20-27-31(6)19-17-28(38-24(5)34)33(8,30(36)37-9)26(31)16-18-32(27,29)7/h10-15,26-28H,16-20H2,1-9H3/b13-10?,15-11+,22-14-,29-23-/t26-,27+,28-,31+,32+,33-/m1/s1. The monoisotopic (exact) mass is 522 g/mol. The van der Waals surface area contributed by atoms with Crippen LogP contribution in [-0.2, 0) is 23.9 Å². The number of ketones is 1. The summed E-state index contributed by atoms with van der Waals surface area (Å²) in [5, 5.41) is 0. The van der Waals surface area contributed by atoms with Crippen LogP contribution in [0.4, 0.5) is 0 Å². The second-order valence-corrected chi connectivity index (χ2v) is 12.5. The largest absolute Gasteiger partial charge is 0.468 e. The van der Waals surface area contributed by atoms with Gasteiger partial charge in [-0.25, -0.2) is 0 Å². The lowest BCUT2D eigenvalue weighted by atomic mass is 9.42. The Hall–Kier alpha value is -2.69. The van der Waals surface area contributed by atoms with Gasteiger partial charge in [-0.15, -0.1) is 0 Å². The minimum atomic E-state index is -0.944. The van der Waals surface area contributed by atoms with E-state index in [-0.39, 0.29) is 40.4 Å². The molecule has 3 aliphatic rings. The van der Waals surface area contributed by atoms with E-state index in [0.29, 0.717) is 12.8 Å². The first-order valence-corrected chi connectivity index (χ1v) is 13.9. The van der Waals surface area contributed by atoms with Crippen LogP contribution in [-0.4, -0.2) is 30.9 Å². The molecule has 0 spiro atoms. The quantitative estimate of drug-likeness (QED) is 0.209. The Bertz CT molecular complexity index is 1130. The Labute approximate surface area is 229 Å². The molecule has 3 fully saturated rings. The lowest BCUT2D eigenvalue weighted by Gasteiger charge is -2.61. The van der Waals surface area contributed by atoms with Crippen LogP contribution >= 0.6 is 0 Å². The highest BCUT2D eigenvalue weighted by Crippen LogP contribution is 2.69. The molecule has 0 radical (unpaired) electrons. The molecule has 0 N–H and O–H groups in total. The molecule has 5 nitrogen and oxygen atoms in total. The maximum absolute atomic E-state index is 13.6. The van der Waals surface area contributed by atoms with Crippen molar-refractivity contribution < 1.29 is 23.9 Å². The average molecular weight is 523 g/mol. The summed E-state index contributed by atoms with van der Waals surface area (Å²) in [6, 6.07) is 0. The summed E-state index contributed by atoms with van der Waals surface area (Å²) in [5.74, 6) is -0.420. The van der Waals surface area contributed by atoms with Crippen LogP contribution in [0.5, 0.6) is 0 Å². The third-order valence-corrected chi connectivity index (χ3v) is 9.71. The lowest BCUT2D eigenvalue weighted by Crippen LogP contribution is -2.62. The number of carbonyl (C=O) groups excluding carboxylic acids is 3. The number of allylic oxidation sites excluding steroid dienone is 10. The lowest BCUT2D eigenvalue weighted by molar-refractivity contribution is -0.206. The molecule has 0 aromatic carbocycles. The van der Waals surface area contributed by atoms with Crippen LogP contribution in [0.25, 0.3) is 0 Å². The summed E-state index contributed by atoms with van der Waals surface area (Å²) >= 11 is 0. The number of rotatable bonds is 6. The van der Waals surface area contributed by atoms with Gasteiger partial charge in [-0.3, -0.25) is 14.4 Å². The molecule has 0 aromatic heterocycles. The van der Waals surface area contributed by atoms with E-state index in [1.807, 2.05) is 26.0 Å². The van der Waals surface area contributed by atoms with Gasteiger partial charge in [0.05, 0.1) is 7.11 Å². The normalized spacial score (nSPS) is 36.6. The molecule has 0 heterocycles. The highest BCUT2D eigenvalue weighted by atomic mass is 16.6. The number of fused-ring (bicyclic) bond motifs is 3. The first kappa shape index (κ1) is 29.9. The molecule has 5 heteroatoms. The Kier molecular flexibility index (Phi) is 8.80. The van der Waals surface area contributed by atoms with Gasteiger partial charge in [-0.2, -0.15) is 0 Å². The summed E-state index contributed by atoms with van der Waals surface area (Å²) < 4.78 is 11.0. The van der Waals surface area contributed by atoms with Crippen molar-refractivity contribution in [1.82, 2.24) is 0 Å². The van der Waals surface area contributed by atoms with Gasteiger partial charge in [-0.05, 0) is 83.1 Å². The van der Waals surface area contributed by atoms with Gasteiger partial charge in [0.15, 0.2) is 5.78 Å². The van der Waals surface area contributed by atoms with Crippen molar-refractivity contribution in [2.45, 2.75) is 93.6 Å². The molecule has 0 amide bonds. The van der Waals surface area contributed by atoms with Crippen LogP contribution in [0.3, 0.4) is 0 Å². The molecular formula is C33H46O5. The van der Waals surface area contributed by atoms with Gasteiger partial charge in [0.25, 0.3) is 0 Å². The summed E-state index contributed by atoms with van der Waals surface area (Å²) in [5.41, 5.74) is 2.89. The minimum Gasteiger partial charge on any atom is -0.468 e. The van der Waals surface area contributed by atoms with Crippen LogP contribution < -0.4 is 0 Å². The van der Waals surface area contributed by atoms with E-state index >= 15 is 0 Å². The third-order valence-electron chi connectivity index (χ3n) is 9.71. The number of hydrogen-bond donors (Lipinski definition) is 0. The van der Waals surface area contributed by atoms with Crippen molar-refractivity contribution >= 4 is 17.7 Å². The van der Waals surface area contributed by atoms with Crippen molar-refractivity contribution in [3.8, 4) is 0 Å². The van der Waals surface area contributed by atoms with Gasteiger partial charge < -0.3 is 9.47 Å². The summed E-state index contributed by atoms with van der Waals surface area (Å²) in [4.78, 5) is 38.7. The molecule has 0 bridgehead atoms. The van der Waals surface area contributed by atoms with Crippen molar-refractivity contribution in [3.05, 3.63) is 58.7 Å². The van der Waals surface area contributed by atoms with Gasteiger partial charge in [0, 0.05) is 24.3 Å². The van der Waals surface area contributed by atoms with E-state index in [4.69, 9.17) is 9.47 Å². The Morgan fingerprint density at radius 1 is 0.895 bits per heavy atom. The second-order valence-electron chi connectivity index (χ2n) is 12.5. The fraction of sp³-hybridized carbons (Fsp3) is 0.606. The molecule has 0 aliphatic heterocycles. The maximum Gasteiger partial charge on any atom is 0.315 e. The Morgan fingerprint density at radius 3 is 2.16 bits per heavy atom. The first-order valence-electron chi connectivity index (χ1n) is 13.9. The predicted octanol–water partition coefficient (Wildman–Crippen LogP) is 7.24. The van der Waals surface area contributed by atoms with Crippen LogP contribution in [0.15, 0.2) is 58.7 Å². The molecule has 3 saturated carbocycles. The zero-order valence-corrected chi connectivity index (χ0v) is 24.8. The van der Waals surface area contributed by atoms with Crippen molar-refractivity contribution in [2.75, 3.05) is 7.11 Å². The third kappa shape index (κ3) is 5.26. The molecule has 3 aliphatic carbocycles. The molecule has 0 unspecified atom stereocenters. The number of hydrogen-bond acceptors (Lipinski definition) is 5. The van der Waals surface area contributed by atoms with Crippen molar-refractivity contribution in [3.63, 3.8) is 0 Å². The van der Waals surface area contributed by atoms with Crippen LogP contribution in [0, 0.1) is 28.1 Å². The summed E-state index contributed by atoms with van der Waals surface area (Å²) in [7, 11) is 1.40. The molecule has 6 atom stereocenters. The zero-order chi connectivity index (χ0) is 28.5. The van der Waals surface area contributed by atoms with Crippen LogP contribution in [0.2, 0.25) is 0 Å². The van der Waals surface area contributed by atoms with E-state index < -0.39 is 11.5 Å². The smallest absolute Gasteiger partial charge is 0.315 e. The SMILES string of the molecule is COC(=O)[C@]1(C)[C@@H]2CC[C@]3(C)\C(=C(C)/C=C/C=C(/C)C=CC=C(C)C)C(=O)C[C@H]3[C@@]2(C)CC[C@H]1OC(C)=O. The summed E-state index contributed by atoms with van der Waals surface area (Å²) in [6.07, 6.45) is 15.3. The molecule has 208 valence electrons. The number of ether oxygens (including phenoxy) is 2. The summed E-state index contributed by atoms with van der Waals surface area (Å²) in [6.45, 7) is 16.0. The Morgan fingerprint density at radius 2 is 1.55 bits per heavy atom. The number of carbonyl (C=O) groups is 3. The van der Waals surface area contributed by atoms with Crippen molar-refractivity contribution in [2.24, 2.45) is 28.1 Å². The molecular weight excluding hydrogens is 476 g/mol. The van der Waals surface area contributed by atoms with Crippen LogP contribution in [0.1, 0.15) is 87.5 Å². The molecule has 0 aromatic rings. The maximum atomic E-state index is 13.6. The number of methoxy groups -OCH3 is 1. The highest BCUT2D eigenvalue weighted by molar-refractivity contribution is 6.01. The Balaban J connectivity index is 1.96. The van der Waals surface area contributed by atoms with Gasteiger partial charge in [0.1, 0.15) is 11.5 Å². The molecule has 38 heavy (non-hydrogen) atoms. The van der Waals surface area contributed by atoms with E-state index in [9.17, 15) is 14.4 Å². The number of Topliss-reactive ketones (excluding diaryl/α,β-unsaturated/α-hetero) is 1. The van der Waals surface area contributed by atoms with Gasteiger partial charge in [-0.1, -0.05) is 61.4 Å².